The van der Waals surface area contributed by atoms with Crippen LogP contribution >= 0.6 is 0 Å². The fourth-order valence-corrected chi connectivity index (χ4v) is 4.46. The van der Waals surface area contributed by atoms with E-state index in [4.69, 9.17) is 14.9 Å². The highest BCUT2D eigenvalue weighted by molar-refractivity contribution is 6.08. The van der Waals surface area contributed by atoms with Crippen LogP contribution in [0, 0.1) is 17.0 Å². The first kappa shape index (κ1) is 29.2. The average molecular weight is 590 g/mol. The fourth-order valence-electron chi connectivity index (χ4n) is 4.46. The number of hydrogen-bond donors (Lipinski definition) is 4. The van der Waals surface area contributed by atoms with Crippen molar-refractivity contribution in [3.8, 4) is 16.9 Å². The molecule has 2 aromatic heterocycles. The number of carbonyl (C=O) groups excluding carboxylic acids is 2. The Balaban J connectivity index is 1.22. The van der Waals surface area contributed by atoms with Crippen molar-refractivity contribution in [1.29, 1.82) is 5.41 Å². The van der Waals surface area contributed by atoms with Crippen LogP contribution in [0.3, 0.4) is 0 Å². The predicted molar refractivity (Wildman–Crippen MR) is 158 cm³/mol. The molecule has 3 heterocycles. The number of nitrogens with one attached hydrogen (secondary N) is 4. The van der Waals surface area contributed by atoms with Crippen molar-refractivity contribution >= 4 is 34.9 Å². The monoisotopic (exact) mass is 589 g/mol. The first-order valence-corrected chi connectivity index (χ1v) is 13.4. The molecule has 1 fully saturated rings. The minimum Gasteiger partial charge on any atom is -0.434 e. The van der Waals surface area contributed by atoms with Crippen molar-refractivity contribution in [3.63, 3.8) is 0 Å². The van der Waals surface area contributed by atoms with Gasteiger partial charge in [0.15, 0.2) is 11.6 Å². The molecule has 0 bridgehead atoms. The smallest absolute Gasteiger partial charge is 0.238 e. The number of aromatic nitrogens is 2. The molecule has 13 heteroatoms. The van der Waals surface area contributed by atoms with Gasteiger partial charge in [0.1, 0.15) is 23.7 Å². The lowest BCUT2D eigenvalue weighted by atomic mass is 10.1. The maximum absolute atomic E-state index is 14.9. The summed E-state index contributed by atoms with van der Waals surface area (Å²) >= 11 is 0. The van der Waals surface area contributed by atoms with E-state index >= 15 is 0 Å². The van der Waals surface area contributed by atoms with Crippen LogP contribution in [-0.2, 0) is 14.3 Å². The molecule has 4 aromatic rings. The summed E-state index contributed by atoms with van der Waals surface area (Å²) in [6.07, 6.45) is 3.00. The Morgan fingerprint density at radius 3 is 2.35 bits per heavy atom. The Labute approximate surface area is 245 Å². The second-order valence-corrected chi connectivity index (χ2v) is 9.57. The zero-order valence-electron chi connectivity index (χ0n) is 23.2. The average Bonchev–Trinajstić information content (AvgIpc) is 3.45. The van der Waals surface area contributed by atoms with E-state index in [0.29, 0.717) is 24.6 Å². The largest absolute Gasteiger partial charge is 0.434 e. The Hall–Kier alpha value is -5.30. The summed E-state index contributed by atoms with van der Waals surface area (Å²) in [4.78, 5) is 31.0. The van der Waals surface area contributed by atoms with Gasteiger partial charge in [-0.05, 0) is 60.2 Å². The second-order valence-electron chi connectivity index (χ2n) is 9.57. The normalized spacial score (nSPS) is 12.9. The molecular formula is C30H29F2N7O4. The molecule has 0 spiro atoms. The standard InChI is InChI=1S/C30H29F2N7O4/c1-34-39-18-20(19-8-9-35-27(15-19)38-10-12-42-13-11-38)14-25(39)30(33)43-26-7-6-23(16-24(26)32)37-29(41)17-28(40)36-22-4-2-21(31)3-5-22/h2-9,14-16,18,33-34H,10-13,17H2,1H3,(H,36,40)(H,37,41). The zero-order chi connectivity index (χ0) is 30.3. The van der Waals surface area contributed by atoms with Crippen molar-refractivity contribution in [2.75, 3.05) is 54.3 Å². The quantitative estimate of drug-likeness (QED) is 0.131. The van der Waals surface area contributed by atoms with Crippen molar-refractivity contribution in [1.82, 2.24) is 9.66 Å². The van der Waals surface area contributed by atoms with Gasteiger partial charge in [0.25, 0.3) is 0 Å². The van der Waals surface area contributed by atoms with E-state index in [-0.39, 0.29) is 17.3 Å². The number of rotatable bonds is 9. The van der Waals surface area contributed by atoms with E-state index in [1.165, 1.54) is 36.4 Å². The highest BCUT2D eigenvalue weighted by Crippen LogP contribution is 2.27. The lowest BCUT2D eigenvalue weighted by Gasteiger charge is -2.27. The van der Waals surface area contributed by atoms with Crippen molar-refractivity contribution in [2.24, 2.45) is 0 Å². The van der Waals surface area contributed by atoms with Crippen LogP contribution in [0.2, 0.25) is 0 Å². The summed E-state index contributed by atoms with van der Waals surface area (Å²) < 4.78 is 40.5. The van der Waals surface area contributed by atoms with E-state index in [1.807, 2.05) is 12.1 Å². The number of anilines is 3. The van der Waals surface area contributed by atoms with Gasteiger partial charge in [-0.1, -0.05) is 0 Å². The minimum atomic E-state index is -0.814. The number of nitrogens with zero attached hydrogens (tertiary/aromatic N) is 3. The SMILES string of the molecule is CNn1cc(-c2ccnc(N3CCOCC3)c2)cc1C(=N)Oc1ccc(NC(=O)CC(=O)Nc2ccc(F)cc2)cc1F. The molecule has 0 saturated carbocycles. The molecule has 1 aliphatic rings. The molecule has 0 aliphatic carbocycles. The molecule has 0 radical (unpaired) electrons. The van der Waals surface area contributed by atoms with E-state index in [2.05, 4.69) is 25.9 Å². The van der Waals surface area contributed by atoms with Crippen molar-refractivity contribution < 1.29 is 27.8 Å². The van der Waals surface area contributed by atoms with Gasteiger partial charge >= 0.3 is 0 Å². The molecular weight excluding hydrogens is 560 g/mol. The van der Waals surface area contributed by atoms with Gasteiger partial charge < -0.3 is 30.4 Å². The summed E-state index contributed by atoms with van der Waals surface area (Å²) in [6, 6.07) is 14.4. The summed E-state index contributed by atoms with van der Waals surface area (Å²) in [5.41, 5.74) is 5.45. The number of benzene rings is 2. The van der Waals surface area contributed by atoms with Crippen LogP contribution in [0.25, 0.3) is 11.1 Å². The fraction of sp³-hybridized carbons (Fsp3) is 0.200. The highest BCUT2D eigenvalue weighted by atomic mass is 19.1. The van der Waals surface area contributed by atoms with E-state index in [9.17, 15) is 18.4 Å². The van der Waals surface area contributed by atoms with Gasteiger partial charge in [0, 0.05) is 55.5 Å². The molecule has 11 nitrogen and oxygen atoms in total. The van der Waals surface area contributed by atoms with Gasteiger partial charge in [-0.25, -0.2) is 13.8 Å². The number of pyridine rings is 1. The molecule has 222 valence electrons. The molecule has 4 N–H and O–H groups in total. The van der Waals surface area contributed by atoms with Crippen LogP contribution in [0.15, 0.2) is 73.1 Å². The van der Waals surface area contributed by atoms with Crippen molar-refractivity contribution in [2.45, 2.75) is 6.42 Å². The van der Waals surface area contributed by atoms with E-state index < -0.39 is 29.9 Å². The topological polar surface area (TPSA) is 134 Å². The number of carbonyl (C=O) groups is 2. The molecule has 43 heavy (non-hydrogen) atoms. The molecule has 0 unspecified atom stereocenters. The summed E-state index contributed by atoms with van der Waals surface area (Å²) in [5, 5.41) is 13.4. The molecule has 0 atom stereocenters. The number of halogens is 2. The van der Waals surface area contributed by atoms with Crippen LogP contribution in [0.1, 0.15) is 12.1 Å². The van der Waals surface area contributed by atoms with Crippen molar-refractivity contribution in [3.05, 3.63) is 90.4 Å². The summed E-state index contributed by atoms with van der Waals surface area (Å²) in [7, 11) is 1.68. The third-order valence-electron chi connectivity index (χ3n) is 6.58. The molecule has 2 amide bonds. The van der Waals surface area contributed by atoms with Gasteiger partial charge in [0.05, 0.1) is 13.2 Å². The van der Waals surface area contributed by atoms with Gasteiger partial charge in [-0.3, -0.25) is 19.7 Å². The highest BCUT2D eigenvalue weighted by Gasteiger charge is 2.18. The lowest BCUT2D eigenvalue weighted by Crippen LogP contribution is -2.36. The Kier molecular flexibility index (Phi) is 8.91. The molecule has 2 aromatic carbocycles. The predicted octanol–water partition coefficient (Wildman–Crippen LogP) is 4.21. The van der Waals surface area contributed by atoms with Gasteiger partial charge in [-0.15, -0.1) is 0 Å². The van der Waals surface area contributed by atoms with Crippen LogP contribution in [0.4, 0.5) is 26.0 Å². The van der Waals surface area contributed by atoms with Crippen LogP contribution < -0.4 is 25.7 Å². The number of hydrogen-bond acceptors (Lipinski definition) is 8. The summed E-state index contributed by atoms with van der Waals surface area (Å²) in [6.45, 7) is 2.78. The Bertz CT molecular complexity index is 1640. The lowest BCUT2D eigenvalue weighted by molar-refractivity contribution is -0.123. The van der Waals surface area contributed by atoms with Crippen LogP contribution in [-0.4, -0.2) is 60.7 Å². The molecule has 5 rings (SSSR count). The number of morpholine rings is 1. The van der Waals surface area contributed by atoms with E-state index in [1.54, 1.807) is 30.2 Å². The zero-order valence-corrected chi connectivity index (χ0v) is 23.2. The first-order chi connectivity index (χ1) is 20.8. The third kappa shape index (κ3) is 7.32. The summed E-state index contributed by atoms with van der Waals surface area (Å²) in [5.74, 6) is -2.26. The Morgan fingerprint density at radius 1 is 0.953 bits per heavy atom. The first-order valence-electron chi connectivity index (χ1n) is 13.4. The van der Waals surface area contributed by atoms with Gasteiger partial charge in [-0.2, -0.15) is 0 Å². The number of amides is 2. The third-order valence-corrected chi connectivity index (χ3v) is 6.58. The van der Waals surface area contributed by atoms with Gasteiger partial charge in [0.2, 0.25) is 17.7 Å². The molecule has 1 aliphatic heterocycles. The maximum atomic E-state index is 14.9. The number of ether oxygens (including phenoxy) is 2. The maximum Gasteiger partial charge on any atom is 0.238 e. The van der Waals surface area contributed by atoms with Crippen LogP contribution in [0.5, 0.6) is 5.75 Å². The molecule has 1 saturated heterocycles. The van der Waals surface area contributed by atoms with E-state index in [0.717, 1.165) is 36.1 Å². The second kappa shape index (κ2) is 13.1. The Morgan fingerprint density at radius 2 is 1.65 bits per heavy atom. The minimum absolute atomic E-state index is 0.102.